The van der Waals surface area contributed by atoms with Crippen LogP contribution in [0, 0.1) is 5.92 Å². The zero-order valence-corrected chi connectivity index (χ0v) is 13.0. The van der Waals surface area contributed by atoms with Crippen LogP contribution in [0.2, 0.25) is 0 Å². The molecule has 0 aromatic heterocycles. The number of hydrogen-bond acceptors (Lipinski definition) is 4. The molecule has 0 amide bonds. The molecule has 0 radical (unpaired) electrons. The minimum atomic E-state index is -0.615. The van der Waals surface area contributed by atoms with Gasteiger partial charge in [0.15, 0.2) is 11.5 Å². The van der Waals surface area contributed by atoms with E-state index in [1.807, 2.05) is 18.2 Å². The number of rotatable bonds is 2. The fourth-order valence-corrected chi connectivity index (χ4v) is 5.52. The van der Waals surface area contributed by atoms with Gasteiger partial charge in [-0.2, -0.15) is 0 Å². The summed E-state index contributed by atoms with van der Waals surface area (Å²) in [7, 11) is 0. The molecule has 2 bridgehead atoms. The largest absolute Gasteiger partial charge is 0.504 e. The molecule has 5 rings (SSSR count). The number of nitrogens with zero attached hydrogens (tertiary/aromatic N) is 1. The van der Waals surface area contributed by atoms with Crippen LogP contribution in [0.4, 0.5) is 0 Å². The molecule has 0 unspecified atom stereocenters. The van der Waals surface area contributed by atoms with Crippen molar-refractivity contribution in [3.63, 3.8) is 0 Å². The number of hydrogen-bond donors (Lipinski definition) is 2. The Morgan fingerprint density at radius 2 is 2.26 bits per heavy atom. The minimum Gasteiger partial charge on any atom is -0.504 e. The van der Waals surface area contributed by atoms with Gasteiger partial charge in [0.05, 0.1) is 0 Å². The number of likely N-dealkylation sites (tertiary alicyclic amines) is 1. The highest BCUT2D eigenvalue weighted by Crippen LogP contribution is 2.62. The van der Waals surface area contributed by atoms with Gasteiger partial charge in [0.25, 0.3) is 0 Å². The Bertz CT molecular complexity index is 728. The Balaban J connectivity index is 1.76. The topological polar surface area (TPSA) is 52.9 Å². The van der Waals surface area contributed by atoms with Crippen LogP contribution in [0.15, 0.2) is 36.9 Å². The SMILES string of the molecule is C=CCN1CC[C@]23c4c5ccc(O)c4O[C@H]2[C@@H](O)C=C[C@@H]3[C@H]1C5. The van der Waals surface area contributed by atoms with Crippen LogP contribution in [0.3, 0.4) is 0 Å². The smallest absolute Gasteiger partial charge is 0.165 e. The highest BCUT2D eigenvalue weighted by molar-refractivity contribution is 5.61. The molecule has 4 heteroatoms. The van der Waals surface area contributed by atoms with E-state index in [1.54, 1.807) is 6.07 Å². The Kier molecular flexibility index (Phi) is 2.61. The monoisotopic (exact) mass is 311 g/mol. The fourth-order valence-electron chi connectivity index (χ4n) is 5.52. The molecular formula is C19H21NO3. The molecule has 2 aliphatic carbocycles. The van der Waals surface area contributed by atoms with Crippen LogP contribution in [-0.4, -0.2) is 46.5 Å². The summed E-state index contributed by atoms with van der Waals surface area (Å²) in [5.41, 5.74) is 2.22. The molecule has 120 valence electrons. The fraction of sp³-hybridized carbons (Fsp3) is 0.474. The Morgan fingerprint density at radius 3 is 3.09 bits per heavy atom. The van der Waals surface area contributed by atoms with Gasteiger partial charge < -0.3 is 14.9 Å². The molecule has 2 aliphatic heterocycles. The molecule has 1 aromatic carbocycles. The number of benzene rings is 1. The van der Waals surface area contributed by atoms with Gasteiger partial charge in [0.2, 0.25) is 0 Å². The number of aliphatic hydroxyl groups is 1. The first kappa shape index (κ1) is 13.6. The average molecular weight is 311 g/mol. The number of phenols is 1. The van der Waals surface area contributed by atoms with Crippen LogP contribution < -0.4 is 4.74 Å². The van der Waals surface area contributed by atoms with Gasteiger partial charge in [-0.3, -0.25) is 4.90 Å². The number of aliphatic hydroxyl groups excluding tert-OH is 1. The van der Waals surface area contributed by atoms with Crippen LogP contribution in [0.1, 0.15) is 17.5 Å². The third kappa shape index (κ3) is 1.49. The van der Waals surface area contributed by atoms with E-state index in [2.05, 4.69) is 17.6 Å². The van der Waals surface area contributed by atoms with E-state index in [1.165, 1.54) is 5.56 Å². The third-order valence-electron chi connectivity index (χ3n) is 6.35. The van der Waals surface area contributed by atoms with E-state index in [9.17, 15) is 10.2 Å². The van der Waals surface area contributed by atoms with E-state index in [0.717, 1.165) is 31.5 Å². The maximum Gasteiger partial charge on any atom is 0.165 e. The first-order valence-electron chi connectivity index (χ1n) is 8.40. The molecular weight excluding hydrogens is 290 g/mol. The molecule has 1 saturated heterocycles. The number of aromatic hydroxyl groups is 1. The van der Waals surface area contributed by atoms with E-state index in [4.69, 9.17) is 4.74 Å². The van der Waals surface area contributed by atoms with Crippen molar-refractivity contribution in [3.8, 4) is 11.5 Å². The van der Waals surface area contributed by atoms with Crippen LogP contribution in [0.25, 0.3) is 0 Å². The predicted octanol–water partition coefficient (Wildman–Crippen LogP) is 1.75. The lowest BCUT2D eigenvalue weighted by molar-refractivity contribution is -0.0488. The van der Waals surface area contributed by atoms with Crippen molar-refractivity contribution < 1.29 is 14.9 Å². The third-order valence-corrected chi connectivity index (χ3v) is 6.35. The maximum absolute atomic E-state index is 10.5. The van der Waals surface area contributed by atoms with E-state index in [0.29, 0.717) is 17.7 Å². The van der Waals surface area contributed by atoms with E-state index in [-0.39, 0.29) is 17.3 Å². The zero-order valence-electron chi connectivity index (χ0n) is 13.0. The minimum absolute atomic E-state index is 0.196. The second kappa shape index (κ2) is 4.40. The van der Waals surface area contributed by atoms with Gasteiger partial charge in [0, 0.05) is 29.5 Å². The van der Waals surface area contributed by atoms with Crippen molar-refractivity contribution in [2.75, 3.05) is 13.1 Å². The molecule has 23 heavy (non-hydrogen) atoms. The standard InChI is InChI=1S/C19H21NO3/c1-2-8-20-9-7-19-12-4-6-15(22)18(19)23-17-14(21)5-3-11(16(17)19)10-13(12)20/h2-6,12-13,15,18,21-22H,1,7-10H2/t12-,13-,15+,18+,19+/m1/s1. The molecule has 2 N–H and O–H groups in total. The lowest BCUT2D eigenvalue weighted by Crippen LogP contribution is -2.65. The predicted molar refractivity (Wildman–Crippen MR) is 86.7 cm³/mol. The Hall–Kier alpha value is -1.78. The van der Waals surface area contributed by atoms with Gasteiger partial charge in [-0.05, 0) is 31.0 Å². The average Bonchev–Trinajstić information content (AvgIpc) is 2.89. The first-order chi connectivity index (χ1) is 11.2. The van der Waals surface area contributed by atoms with Gasteiger partial charge in [-0.25, -0.2) is 0 Å². The second-order valence-corrected chi connectivity index (χ2v) is 7.23. The van der Waals surface area contributed by atoms with Crippen LogP contribution in [0.5, 0.6) is 11.5 Å². The van der Waals surface area contributed by atoms with Crippen LogP contribution in [-0.2, 0) is 11.8 Å². The van der Waals surface area contributed by atoms with Crippen molar-refractivity contribution in [2.24, 2.45) is 5.92 Å². The quantitative estimate of drug-likeness (QED) is 0.817. The van der Waals surface area contributed by atoms with Gasteiger partial charge in [-0.1, -0.05) is 24.3 Å². The molecule has 2 heterocycles. The van der Waals surface area contributed by atoms with Gasteiger partial charge in [-0.15, -0.1) is 6.58 Å². The first-order valence-corrected chi connectivity index (χ1v) is 8.40. The summed E-state index contributed by atoms with van der Waals surface area (Å²) >= 11 is 0. The summed E-state index contributed by atoms with van der Waals surface area (Å²) in [6, 6.07) is 4.17. The molecule has 5 atom stereocenters. The van der Waals surface area contributed by atoms with Crippen molar-refractivity contribution in [3.05, 3.63) is 48.1 Å². The summed E-state index contributed by atoms with van der Waals surface area (Å²) in [6.45, 7) is 5.76. The number of ether oxygens (including phenoxy) is 1. The molecule has 0 saturated carbocycles. The molecule has 4 nitrogen and oxygen atoms in total. The normalized spacial score (nSPS) is 39.7. The summed E-state index contributed by atoms with van der Waals surface area (Å²) in [5.74, 6) is 1.13. The summed E-state index contributed by atoms with van der Waals surface area (Å²) in [4.78, 5) is 2.50. The highest BCUT2D eigenvalue weighted by atomic mass is 16.5. The van der Waals surface area contributed by atoms with Gasteiger partial charge >= 0.3 is 0 Å². The number of piperidine rings is 1. The van der Waals surface area contributed by atoms with Crippen molar-refractivity contribution in [1.29, 1.82) is 0 Å². The summed E-state index contributed by atoms with van der Waals surface area (Å²) < 4.78 is 6.13. The highest BCUT2D eigenvalue weighted by Gasteiger charge is 2.64. The number of phenolic OH excluding ortho intramolecular Hbond substituents is 1. The summed E-state index contributed by atoms with van der Waals surface area (Å²) in [5, 5.41) is 20.8. The van der Waals surface area contributed by atoms with Crippen LogP contribution >= 0.6 is 0 Å². The second-order valence-electron chi connectivity index (χ2n) is 7.23. The molecule has 4 aliphatic rings. The van der Waals surface area contributed by atoms with Crippen molar-refractivity contribution >= 4 is 0 Å². The maximum atomic E-state index is 10.5. The van der Waals surface area contributed by atoms with Crippen molar-refractivity contribution in [2.45, 2.75) is 36.5 Å². The van der Waals surface area contributed by atoms with Gasteiger partial charge in [0.1, 0.15) is 12.2 Å². The summed E-state index contributed by atoms with van der Waals surface area (Å²) in [6.07, 6.45) is 7.04. The van der Waals surface area contributed by atoms with E-state index >= 15 is 0 Å². The zero-order chi connectivity index (χ0) is 15.8. The lowest BCUT2D eigenvalue weighted by Gasteiger charge is -2.57. The lowest BCUT2D eigenvalue weighted by atomic mass is 9.53. The molecule has 1 fully saturated rings. The Labute approximate surface area is 135 Å². The molecule has 1 spiro atoms. The van der Waals surface area contributed by atoms with Crippen molar-refractivity contribution in [1.82, 2.24) is 4.90 Å². The van der Waals surface area contributed by atoms with E-state index < -0.39 is 6.10 Å². The Morgan fingerprint density at radius 1 is 1.39 bits per heavy atom. The molecule has 1 aromatic rings.